The van der Waals surface area contributed by atoms with Crippen molar-refractivity contribution in [3.63, 3.8) is 0 Å². The number of halogens is 1. The highest BCUT2D eigenvalue weighted by molar-refractivity contribution is 8.26. The van der Waals surface area contributed by atoms with E-state index in [4.69, 9.17) is 23.8 Å². The number of carbonyl (C=O) groups excluding carboxylic acids is 2. The number of unbranched alkanes of at least 4 members (excludes halogenated alkanes) is 2. The Morgan fingerprint density at radius 3 is 2.73 bits per heavy atom. The number of piperidine rings is 1. The summed E-state index contributed by atoms with van der Waals surface area (Å²) in [5.41, 5.74) is 0.932. The third kappa shape index (κ3) is 6.08. The van der Waals surface area contributed by atoms with Gasteiger partial charge >= 0.3 is 0 Å². The van der Waals surface area contributed by atoms with Crippen LogP contribution < -0.4 is 0 Å². The van der Waals surface area contributed by atoms with Gasteiger partial charge in [-0.1, -0.05) is 61.1 Å². The lowest BCUT2D eigenvalue weighted by Crippen LogP contribution is -2.43. The minimum Gasteiger partial charge on any atom is -0.340 e. The summed E-state index contributed by atoms with van der Waals surface area (Å²) < 4.78 is 0.607. The molecule has 4 nitrogen and oxygen atoms in total. The number of thioether (sulfide) groups is 1. The lowest BCUT2D eigenvalue weighted by molar-refractivity contribution is -0.135. The summed E-state index contributed by atoms with van der Waals surface area (Å²) in [7, 11) is 0. The molecule has 162 valence electrons. The van der Waals surface area contributed by atoms with Crippen LogP contribution in [0.15, 0.2) is 29.2 Å². The molecule has 1 unspecified atom stereocenters. The zero-order chi connectivity index (χ0) is 21.5. The number of thiocarbonyl (C=S) groups is 1. The Morgan fingerprint density at radius 1 is 1.23 bits per heavy atom. The molecule has 0 bridgehead atoms. The molecule has 30 heavy (non-hydrogen) atoms. The van der Waals surface area contributed by atoms with Gasteiger partial charge < -0.3 is 4.90 Å². The SMILES string of the molecule is CCC1CCCCN1C(=O)CCCCCN1C(=O)C(=Cc2ccc(Cl)cc2)SC1=S. The average molecular weight is 465 g/mol. The van der Waals surface area contributed by atoms with Crippen molar-refractivity contribution in [3.8, 4) is 0 Å². The molecular weight excluding hydrogens is 436 g/mol. The van der Waals surface area contributed by atoms with E-state index in [1.165, 1.54) is 18.2 Å². The molecule has 0 aromatic heterocycles. The molecule has 1 aromatic rings. The fraction of sp³-hybridized carbons (Fsp3) is 0.522. The van der Waals surface area contributed by atoms with E-state index in [2.05, 4.69) is 11.8 Å². The van der Waals surface area contributed by atoms with Gasteiger partial charge in [0, 0.05) is 30.6 Å². The lowest BCUT2D eigenvalue weighted by atomic mass is 9.99. The largest absolute Gasteiger partial charge is 0.340 e. The fourth-order valence-corrected chi connectivity index (χ4v) is 5.46. The van der Waals surface area contributed by atoms with Crippen LogP contribution in [0.1, 0.15) is 63.9 Å². The molecule has 1 aromatic carbocycles. The second kappa shape index (κ2) is 11.3. The minimum absolute atomic E-state index is 0.0323. The molecule has 1 atom stereocenters. The van der Waals surface area contributed by atoms with E-state index in [1.54, 1.807) is 4.90 Å². The van der Waals surface area contributed by atoms with Crippen LogP contribution in [0.3, 0.4) is 0 Å². The van der Waals surface area contributed by atoms with E-state index in [9.17, 15) is 9.59 Å². The van der Waals surface area contributed by atoms with Crippen molar-refractivity contribution in [3.05, 3.63) is 39.8 Å². The second-order valence-electron chi connectivity index (χ2n) is 7.84. The number of hydrogen-bond donors (Lipinski definition) is 0. The van der Waals surface area contributed by atoms with Gasteiger partial charge in [0.05, 0.1) is 4.91 Å². The first kappa shape index (κ1) is 23.3. The summed E-state index contributed by atoms with van der Waals surface area (Å²) in [5, 5.41) is 0.670. The smallest absolute Gasteiger partial charge is 0.266 e. The van der Waals surface area contributed by atoms with Gasteiger partial charge in [-0.15, -0.1) is 0 Å². The normalized spacial score (nSPS) is 21.0. The van der Waals surface area contributed by atoms with Gasteiger partial charge in [-0.2, -0.15) is 0 Å². The molecule has 2 aliphatic rings. The molecule has 2 saturated heterocycles. The standard InChI is InChI=1S/C23H29ClN2O2S2/c1-2-19-8-5-7-14-25(19)21(27)9-4-3-6-15-26-22(28)20(30-23(26)29)16-17-10-12-18(24)13-11-17/h10-13,16,19H,2-9,14-15H2,1H3. The molecule has 0 N–H and O–H groups in total. The van der Waals surface area contributed by atoms with Crippen LogP contribution in [-0.2, 0) is 9.59 Å². The Bertz CT molecular complexity index is 810. The molecule has 3 rings (SSSR count). The summed E-state index contributed by atoms with van der Waals surface area (Å²) in [4.78, 5) is 29.7. The third-order valence-electron chi connectivity index (χ3n) is 5.73. The number of nitrogens with zero attached hydrogens (tertiary/aromatic N) is 2. The number of rotatable bonds is 8. The van der Waals surface area contributed by atoms with Gasteiger partial charge in [0.15, 0.2) is 0 Å². The molecule has 0 saturated carbocycles. The van der Waals surface area contributed by atoms with Crippen molar-refractivity contribution in [2.75, 3.05) is 13.1 Å². The highest BCUT2D eigenvalue weighted by Crippen LogP contribution is 2.33. The number of hydrogen-bond acceptors (Lipinski definition) is 4. The number of amides is 2. The van der Waals surface area contributed by atoms with Crippen molar-refractivity contribution >= 4 is 57.8 Å². The van der Waals surface area contributed by atoms with Crippen LogP contribution >= 0.6 is 35.6 Å². The summed E-state index contributed by atoms with van der Waals surface area (Å²) in [6.07, 6.45) is 9.64. The van der Waals surface area contributed by atoms with Gasteiger partial charge in [0.2, 0.25) is 5.91 Å². The fourth-order valence-electron chi connectivity index (χ4n) is 4.02. The summed E-state index contributed by atoms with van der Waals surface area (Å²) in [6.45, 7) is 3.69. The second-order valence-corrected chi connectivity index (χ2v) is 9.95. The van der Waals surface area contributed by atoms with Crippen LogP contribution in [-0.4, -0.2) is 45.1 Å². The van der Waals surface area contributed by atoms with Gasteiger partial charge in [-0.05, 0) is 62.3 Å². The molecule has 2 aliphatic heterocycles. The van der Waals surface area contributed by atoms with Crippen LogP contribution in [0.4, 0.5) is 0 Å². The highest BCUT2D eigenvalue weighted by atomic mass is 35.5. The first-order valence-corrected chi connectivity index (χ1v) is 12.4. The molecule has 2 amide bonds. The molecule has 2 fully saturated rings. The summed E-state index contributed by atoms with van der Waals surface area (Å²) in [6, 6.07) is 7.81. The van der Waals surface area contributed by atoms with Gasteiger partial charge in [-0.3, -0.25) is 14.5 Å². The lowest BCUT2D eigenvalue weighted by Gasteiger charge is -2.35. The van der Waals surface area contributed by atoms with Crippen LogP contribution in [0.25, 0.3) is 6.08 Å². The zero-order valence-electron chi connectivity index (χ0n) is 17.4. The van der Waals surface area contributed by atoms with Gasteiger partial charge in [-0.25, -0.2) is 0 Å². The molecule has 2 heterocycles. The molecule has 0 spiro atoms. The topological polar surface area (TPSA) is 40.6 Å². The quantitative estimate of drug-likeness (QED) is 0.273. The maximum absolute atomic E-state index is 12.7. The summed E-state index contributed by atoms with van der Waals surface area (Å²) in [5.74, 6) is 0.258. The minimum atomic E-state index is -0.0323. The van der Waals surface area contributed by atoms with Gasteiger partial charge in [0.25, 0.3) is 5.91 Å². The van der Waals surface area contributed by atoms with E-state index < -0.39 is 0 Å². The van der Waals surface area contributed by atoms with Crippen molar-refractivity contribution in [1.82, 2.24) is 9.80 Å². The zero-order valence-corrected chi connectivity index (χ0v) is 19.8. The Hall–Kier alpha value is -1.37. The van der Waals surface area contributed by atoms with Crippen LogP contribution in [0, 0.1) is 0 Å². The van der Waals surface area contributed by atoms with Crippen LogP contribution in [0.2, 0.25) is 5.02 Å². The van der Waals surface area contributed by atoms with E-state index in [1.807, 2.05) is 30.3 Å². The maximum atomic E-state index is 12.7. The Morgan fingerprint density at radius 2 is 2.00 bits per heavy atom. The van der Waals surface area contributed by atoms with E-state index in [0.717, 1.165) is 50.6 Å². The third-order valence-corrected chi connectivity index (χ3v) is 7.36. The predicted octanol–water partition coefficient (Wildman–Crippen LogP) is 5.89. The van der Waals surface area contributed by atoms with Crippen molar-refractivity contribution in [2.45, 2.75) is 64.3 Å². The van der Waals surface area contributed by atoms with Crippen molar-refractivity contribution < 1.29 is 9.59 Å². The number of benzene rings is 1. The monoisotopic (exact) mass is 464 g/mol. The van der Waals surface area contributed by atoms with E-state index in [0.29, 0.717) is 33.3 Å². The first-order valence-electron chi connectivity index (χ1n) is 10.8. The van der Waals surface area contributed by atoms with E-state index in [-0.39, 0.29) is 11.8 Å². The van der Waals surface area contributed by atoms with Crippen molar-refractivity contribution in [1.29, 1.82) is 0 Å². The van der Waals surface area contributed by atoms with Crippen LogP contribution in [0.5, 0.6) is 0 Å². The first-order chi connectivity index (χ1) is 14.5. The highest BCUT2D eigenvalue weighted by Gasteiger charge is 2.31. The van der Waals surface area contributed by atoms with Gasteiger partial charge in [0.1, 0.15) is 4.32 Å². The molecule has 0 aliphatic carbocycles. The number of likely N-dealkylation sites (tertiary alicyclic amines) is 1. The molecule has 7 heteroatoms. The number of carbonyl (C=O) groups is 2. The maximum Gasteiger partial charge on any atom is 0.266 e. The average Bonchev–Trinajstić information content (AvgIpc) is 3.02. The van der Waals surface area contributed by atoms with Crippen molar-refractivity contribution in [2.24, 2.45) is 0 Å². The molecular formula is C23H29ClN2O2S2. The van der Waals surface area contributed by atoms with E-state index >= 15 is 0 Å². The Labute approximate surface area is 194 Å². The Kier molecular flexibility index (Phi) is 8.78. The molecule has 0 radical (unpaired) electrons. The Balaban J connectivity index is 1.42. The predicted molar refractivity (Wildman–Crippen MR) is 129 cm³/mol. The summed E-state index contributed by atoms with van der Waals surface area (Å²) >= 11 is 12.7.